The van der Waals surface area contributed by atoms with Crippen LogP contribution in [0.5, 0.6) is 11.5 Å². The van der Waals surface area contributed by atoms with Crippen LogP contribution in [-0.4, -0.2) is 63.9 Å². The highest BCUT2D eigenvalue weighted by atomic mass is 19.1. The molecule has 1 atom stereocenters. The van der Waals surface area contributed by atoms with Crippen LogP contribution in [0.2, 0.25) is 0 Å². The van der Waals surface area contributed by atoms with E-state index in [0.717, 1.165) is 5.56 Å². The number of halogens is 1. The van der Waals surface area contributed by atoms with Gasteiger partial charge >= 0.3 is 6.03 Å². The van der Waals surface area contributed by atoms with E-state index >= 15 is 0 Å². The number of nitrogens with zero attached hydrogens (tertiary/aromatic N) is 1. The molecule has 0 aliphatic carbocycles. The van der Waals surface area contributed by atoms with E-state index in [-0.39, 0.29) is 18.2 Å². The largest absolute Gasteiger partial charge is 0.493 e. The molecule has 3 rings (SSSR count). The van der Waals surface area contributed by atoms with Crippen molar-refractivity contribution in [2.75, 3.05) is 47.1 Å². The van der Waals surface area contributed by atoms with Crippen LogP contribution in [0.4, 0.5) is 9.18 Å². The molecule has 9 nitrogen and oxygen atoms in total. The zero-order valence-corrected chi connectivity index (χ0v) is 18.0. The molecule has 0 bridgehead atoms. The lowest BCUT2D eigenvalue weighted by Gasteiger charge is -2.35. The zero-order valence-electron chi connectivity index (χ0n) is 18.0. The van der Waals surface area contributed by atoms with Gasteiger partial charge in [-0.05, 0) is 42.0 Å². The smallest absolute Gasteiger partial charge is 0.333 e. The minimum Gasteiger partial charge on any atom is -0.493 e. The summed E-state index contributed by atoms with van der Waals surface area (Å²) in [6, 6.07) is 9.93. The minimum absolute atomic E-state index is 0.141. The zero-order chi connectivity index (χ0) is 22.9. The number of hydrazine groups is 1. The summed E-state index contributed by atoms with van der Waals surface area (Å²) < 4.78 is 29.2. The number of carbonyl (C=O) groups is 2. The second kappa shape index (κ2) is 11.3. The Morgan fingerprint density at radius 2 is 1.72 bits per heavy atom. The Kier molecular flexibility index (Phi) is 8.23. The van der Waals surface area contributed by atoms with E-state index in [1.165, 1.54) is 24.3 Å². The summed E-state index contributed by atoms with van der Waals surface area (Å²) in [5.41, 5.74) is 5.79. The molecule has 32 heavy (non-hydrogen) atoms. The Balaban J connectivity index is 1.62. The number of nitrogens with one attached hydrogen (secondary N) is 3. The third-order valence-corrected chi connectivity index (χ3v) is 5.13. The second-order valence-corrected chi connectivity index (χ2v) is 7.07. The molecule has 1 saturated heterocycles. The number of morpholine rings is 1. The van der Waals surface area contributed by atoms with Crippen molar-refractivity contribution in [1.82, 2.24) is 21.1 Å². The van der Waals surface area contributed by atoms with Crippen LogP contribution in [-0.2, 0) is 4.74 Å². The van der Waals surface area contributed by atoms with Crippen LogP contribution < -0.4 is 25.6 Å². The fourth-order valence-corrected chi connectivity index (χ4v) is 3.43. The maximum Gasteiger partial charge on any atom is 0.333 e. The van der Waals surface area contributed by atoms with Crippen LogP contribution >= 0.6 is 0 Å². The van der Waals surface area contributed by atoms with Gasteiger partial charge in [-0.25, -0.2) is 14.6 Å². The number of hydrogen-bond acceptors (Lipinski definition) is 6. The lowest BCUT2D eigenvalue weighted by molar-refractivity contribution is 0.0166. The van der Waals surface area contributed by atoms with Crippen molar-refractivity contribution in [1.29, 1.82) is 0 Å². The van der Waals surface area contributed by atoms with Crippen LogP contribution in [0.3, 0.4) is 0 Å². The van der Waals surface area contributed by atoms with Gasteiger partial charge in [0.1, 0.15) is 5.82 Å². The summed E-state index contributed by atoms with van der Waals surface area (Å²) in [4.78, 5) is 26.6. The molecule has 0 saturated carbocycles. The maximum atomic E-state index is 13.0. The fraction of sp³-hybridized carbons (Fsp3) is 0.364. The molecule has 1 aliphatic rings. The van der Waals surface area contributed by atoms with Crippen molar-refractivity contribution in [2.45, 2.75) is 6.04 Å². The second-order valence-electron chi connectivity index (χ2n) is 7.07. The van der Waals surface area contributed by atoms with E-state index in [1.807, 2.05) is 18.2 Å². The standard InChI is InChI=1S/C22H27FN4O5/c1-30-19-8-5-16(13-20(19)31-2)18(27-9-11-32-12-10-27)14-24-22(29)26-25-21(28)15-3-6-17(23)7-4-15/h3-8,13,18H,9-12,14H2,1-2H3,(H,25,28)(H2,24,26,29)/t18-/m1/s1. The molecule has 2 aromatic rings. The van der Waals surface area contributed by atoms with Gasteiger partial charge in [0.2, 0.25) is 0 Å². The predicted molar refractivity (Wildman–Crippen MR) is 115 cm³/mol. The van der Waals surface area contributed by atoms with Crippen molar-refractivity contribution in [3.63, 3.8) is 0 Å². The molecule has 1 heterocycles. The van der Waals surface area contributed by atoms with Gasteiger partial charge in [0.05, 0.1) is 33.5 Å². The van der Waals surface area contributed by atoms with E-state index in [2.05, 4.69) is 21.1 Å². The first-order chi connectivity index (χ1) is 15.5. The highest BCUT2D eigenvalue weighted by Gasteiger charge is 2.24. The summed E-state index contributed by atoms with van der Waals surface area (Å²) >= 11 is 0. The number of ether oxygens (including phenoxy) is 3. The van der Waals surface area contributed by atoms with Crippen LogP contribution in [0.1, 0.15) is 22.0 Å². The number of methoxy groups -OCH3 is 2. The summed E-state index contributed by atoms with van der Waals surface area (Å²) in [5.74, 6) is 0.215. The molecule has 2 aromatic carbocycles. The Bertz CT molecular complexity index is 919. The topological polar surface area (TPSA) is 101 Å². The van der Waals surface area contributed by atoms with Crippen molar-refractivity contribution in [3.05, 3.63) is 59.4 Å². The number of carbonyl (C=O) groups excluding carboxylic acids is 2. The lowest BCUT2D eigenvalue weighted by Crippen LogP contribution is -2.50. The number of hydrogen-bond donors (Lipinski definition) is 3. The average Bonchev–Trinajstić information content (AvgIpc) is 2.83. The van der Waals surface area contributed by atoms with Crippen molar-refractivity contribution in [3.8, 4) is 11.5 Å². The quantitative estimate of drug-likeness (QED) is 0.562. The van der Waals surface area contributed by atoms with Gasteiger partial charge in [0.25, 0.3) is 5.91 Å². The third-order valence-electron chi connectivity index (χ3n) is 5.13. The van der Waals surface area contributed by atoms with Crippen LogP contribution in [0, 0.1) is 5.82 Å². The number of benzene rings is 2. The normalized spacial score (nSPS) is 14.8. The molecular formula is C22H27FN4O5. The molecule has 172 valence electrons. The van der Waals surface area contributed by atoms with E-state index in [1.54, 1.807) is 14.2 Å². The average molecular weight is 446 g/mol. The predicted octanol–water partition coefficient (Wildman–Crippen LogP) is 1.86. The van der Waals surface area contributed by atoms with Gasteiger partial charge in [0, 0.05) is 25.2 Å². The first kappa shape index (κ1) is 23.3. The monoisotopic (exact) mass is 446 g/mol. The number of rotatable bonds is 7. The summed E-state index contributed by atoms with van der Waals surface area (Å²) in [7, 11) is 3.14. The highest BCUT2D eigenvalue weighted by molar-refractivity contribution is 5.95. The summed E-state index contributed by atoms with van der Waals surface area (Å²) in [6.45, 7) is 2.91. The Labute approximate surface area is 185 Å². The minimum atomic E-state index is -0.570. The van der Waals surface area contributed by atoms with Crippen molar-refractivity contribution < 1.29 is 28.2 Å². The van der Waals surface area contributed by atoms with Crippen molar-refractivity contribution >= 4 is 11.9 Å². The van der Waals surface area contributed by atoms with Gasteiger partial charge in [-0.2, -0.15) is 0 Å². The number of amides is 3. The SMILES string of the molecule is COc1ccc([C@@H](CNC(=O)NNC(=O)c2ccc(F)cc2)N2CCOCC2)cc1OC. The molecule has 0 aromatic heterocycles. The Morgan fingerprint density at radius 1 is 1.03 bits per heavy atom. The molecule has 10 heteroatoms. The van der Waals surface area contributed by atoms with E-state index < -0.39 is 17.8 Å². The fourth-order valence-electron chi connectivity index (χ4n) is 3.43. The molecule has 1 fully saturated rings. The number of urea groups is 1. The Morgan fingerprint density at radius 3 is 2.38 bits per heavy atom. The molecule has 0 unspecified atom stereocenters. The highest BCUT2D eigenvalue weighted by Crippen LogP contribution is 2.32. The first-order valence-electron chi connectivity index (χ1n) is 10.1. The van der Waals surface area contributed by atoms with Crippen molar-refractivity contribution in [2.24, 2.45) is 0 Å². The van der Waals surface area contributed by atoms with Gasteiger partial charge < -0.3 is 19.5 Å². The lowest BCUT2D eigenvalue weighted by atomic mass is 10.0. The summed E-state index contributed by atoms with van der Waals surface area (Å²) in [5, 5.41) is 2.78. The molecule has 0 radical (unpaired) electrons. The van der Waals surface area contributed by atoms with Gasteiger partial charge in [-0.15, -0.1) is 0 Å². The molecular weight excluding hydrogens is 419 g/mol. The Hall–Kier alpha value is -3.37. The molecule has 3 N–H and O–H groups in total. The molecule has 0 spiro atoms. The van der Waals surface area contributed by atoms with E-state index in [4.69, 9.17) is 14.2 Å². The van der Waals surface area contributed by atoms with Crippen LogP contribution in [0.15, 0.2) is 42.5 Å². The van der Waals surface area contributed by atoms with Crippen LogP contribution in [0.25, 0.3) is 0 Å². The molecule has 3 amide bonds. The first-order valence-corrected chi connectivity index (χ1v) is 10.1. The van der Waals surface area contributed by atoms with Gasteiger partial charge in [-0.1, -0.05) is 6.07 Å². The van der Waals surface area contributed by atoms with E-state index in [0.29, 0.717) is 37.8 Å². The maximum absolute atomic E-state index is 13.0. The van der Waals surface area contributed by atoms with Gasteiger partial charge in [-0.3, -0.25) is 15.1 Å². The molecule has 1 aliphatic heterocycles. The van der Waals surface area contributed by atoms with E-state index in [9.17, 15) is 14.0 Å². The third kappa shape index (κ3) is 6.08. The van der Waals surface area contributed by atoms with Gasteiger partial charge in [0.15, 0.2) is 11.5 Å². The summed E-state index contributed by atoms with van der Waals surface area (Å²) in [6.07, 6.45) is 0.